The fourth-order valence-electron chi connectivity index (χ4n) is 2.45. The summed E-state index contributed by atoms with van der Waals surface area (Å²) in [6.45, 7) is 0.844. The van der Waals surface area contributed by atoms with Crippen molar-refractivity contribution in [2.45, 2.75) is 24.7 Å². The van der Waals surface area contributed by atoms with Crippen LogP contribution in [-0.4, -0.2) is 44.5 Å². The van der Waals surface area contributed by atoms with Crippen LogP contribution in [0.3, 0.4) is 0 Å². The highest BCUT2D eigenvalue weighted by molar-refractivity contribution is 7.89. The maximum Gasteiger partial charge on any atom is 0.573 e. The van der Waals surface area contributed by atoms with Crippen molar-refractivity contribution in [3.63, 3.8) is 0 Å². The van der Waals surface area contributed by atoms with Crippen LogP contribution in [0.1, 0.15) is 12.5 Å². The van der Waals surface area contributed by atoms with Gasteiger partial charge in [-0.05, 0) is 42.0 Å². The number of carbonyl (C=O) groups excluding carboxylic acids is 2. The predicted molar refractivity (Wildman–Crippen MR) is 106 cm³/mol. The van der Waals surface area contributed by atoms with Crippen LogP contribution >= 0.6 is 0 Å². The lowest BCUT2D eigenvalue weighted by Crippen LogP contribution is -2.38. The van der Waals surface area contributed by atoms with Crippen molar-refractivity contribution in [3.8, 4) is 5.75 Å². The molecule has 0 atom stereocenters. The SMILES string of the molecule is CC(=O)Nc1ccc(S(=O)(=O)N(C)CC(=O)NCc2ccc(OC(F)(F)F)cc2)cc1. The molecule has 2 amide bonds. The molecule has 0 spiro atoms. The molecule has 0 unspecified atom stereocenters. The Morgan fingerprint density at radius 2 is 1.61 bits per heavy atom. The van der Waals surface area contributed by atoms with E-state index in [2.05, 4.69) is 15.4 Å². The van der Waals surface area contributed by atoms with Gasteiger partial charge >= 0.3 is 6.36 Å². The van der Waals surface area contributed by atoms with Crippen molar-refractivity contribution in [1.29, 1.82) is 0 Å². The molecule has 12 heteroatoms. The number of alkyl halides is 3. The lowest BCUT2D eigenvalue weighted by atomic mass is 10.2. The molecule has 2 aromatic rings. The van der Waals surface area contributed by atoms with Crippen LogP contribution in [0, 0.1) is 0 Å². The number of nitrogens with one attached hydrogen (secondary N) is 2. The maximum absolute atomic E-state index is 12.6. The summed E-state index contributed by atoms with van der Waals surface area (Å²) in [6.07, 6.45) is -4.80. The summed E-state index contributed by atoms with van der Waals surface area (Å²) < 4.78 is 66.2. The molecule has 0 aliphatic carbocycles. The second-order valence-corrected chi connectivity index (χ2v) is 8.48. The summed E-state index contributed by atoms with van der Waals surface area (Å²) in [5.41, 5.74) is 0.931. The van der Waals surface area contributed by atoms with Crippen LogP contribution in [0.2, 0.25) is 0 Å². The predicted octanol–water partition coefficient (Wildman–Crippen LogP) is 2.48. The first kappa shape index (κ1) is 24.2. The number of rotatable bonds is 8. The average molecular weight is 459 g/mol. The van der Waals surface area contributed by atoms with E-state index >= 15 is 0 Å². The summed E-state index contributed by atoms with van der Waals surface area (Å²) in [7, 11) is -2.71. The Morgan fingerprint density at radius 1 is 1.03 bits per heavy atom. The number of likely N-dealkylation sites (N-methyl/N-ethyl adjacent to an activating group) is 1. The van der Waals surface area contributed by atoms with Gasteiger partial charge in [-0.2, -0.15) is 4.31 Å². The molecule has 8 nitrogen and oxygen atoms in total. The number of hydrogen-bond acceptors (Lipinski definition) is 5. The highest BCUT2D eigenvalue weighted by atomic mass is 32.2. The summed E-state index contributed by atoms with van der Waals surface area (Å²) in [5.74, 6) is -1.29. The number of sulfonamides is 1. The number of carbonyl (C=O) groups is 2. The van der Waals surface area contributed by atoms with Crippen LogP contribution < -0.4 is 15.4 Å². The lowest BCUT2D eigenvalue weighted by molar-refractivity contribution is -0.274. The van der Waals surface area contributed by atoms with Gasteiger partial charge in [-0.15, -0.1) is 13.2 Å². The number of amides is 2. The van der Waals surface area contributed by atoms with Crippen molar-refractivity contribution in [2.24, 2.45) is 0 Å². The molecule has 0 radical (unpaired) electrons. The zero-order valence-corrected chi connectivity index (χ0v) is 17.4. The molecule has 0 heterocycles. The minimum Gasteiger partial charge on any atom is -0.406 e. The van der Waals surface area contributed by atoms with Crippen molar-refractivity contribution in [2.75, 3.05) is 18.9 Å². The third-order valence-corrected chi connectivity index (χ3v) is 5.71. The summed E-state index contributed by atoms with van der Waals surface area (Å²) in [4.78, 5) is 23.1. The molecule has 2 N–H and O–H groups in total. The average Bonchev–Trinajstić information content (AvgIpc) is 2.66. The first-order chi connectivity index (χ1) is 14.4. The van der Waals surface area contributed by atoms with E-state index in [0.717, 1.165) is 16.4 Å². The van der Waals surface area contributed by atoms with Crippen molar-refractivity contribution in [1.82, 2.24) is 9.62 Å². The van der Waals surface area contributed by atoms with E-state index < -0.39 is 34.6 Å². The first-order valence-corrected chi connectivity index (χ1v) is 10.3. The summed E-state index contributed by atoms with van der Waals surface area (Å²) in [5, 5.41) is 5.01. The second-order valence-electron chi connectivity index (χ2n) is 6.44. The van der Waals surface area contributed by atoms with E-state index in [1.807, 2.05) is 0 Å². The molecule has 0 aliphatic heterocycles. The summed E-state index contributed by atoms with van der Waals surface area (Å²) >= 11 is 0. The molecule has 0 aliphatic rings. The number of anilines is 1. The molecule has 0 saturated carbocycles. The molecule has 0 fully saturated rings. The number of ether oxygens (including phenoxy) is 1. The third-order valence-electron chi connectivity index (χ3n) is 3.90. The molecule has 0 bridgehead atoms. The number of benzene rings is 2. The molecule has 31 heavy (non-hydrogen) atoms. The quantitative estimate of drug-likeness (QED) is 0.631. The van der Waals surface area contributed by atoms with E-state index in [-0.39, 0.29) is 17.3 Å². The highest BCUT2D eigenvalue weighted by Gasteiger charge is 2.31. The lowest BCUT2D eigenvalue weighted by Gasteiger charge is -2.17. The van der Waals surface area contributed by atoms with Gasteiger partial charge in [0.25, 0.3) is 0 Å². The minimum absolute atomic E-state index is 0.00949. The maximum atomic E-state index is 12.6. The molecule has 0 aromatic heterocycles. The molecule has 0 saturated heterocycles. The molecule has 2 rings (SSSR count). The van der Waals surface area contributed by atoms with Crippen LogP contribution in [0.5, 0.6) is 5.75 Å². The molecule has 2 aromatic carbocycles. The number of hydrogen-bond donors (Lipinski definition) is 2. The normalized spacial score (nSPS) is 11.8. The van der Waals surface area contributed by atoms with Gasteiger partial charge in [0.05, 0.1) is 11.4 Å². The Hall–Kier alpha value is -3.12. The first-order valence-electron chi connectivity index (χ1n) is 8.82. The van der Waals surface area contributed by atoms with Gasteiger partial charge in [-0.1, -0.05) is 12.1 Å². The third kappa shape index (κ3) is 7.57. The minimum atomic E-state index is -4.80. The molecular formula is C19H20F3N3O5S. The van der Waals surface area contributed by atoms with E-state index in [9.17, 15) is 31.2 Å². The van der Waals surface area contributed by atoms with Gasteiger partial charge in [0.1, 0.15) is 5.75 Å². The molecular weight excluding hydrogens is 439 g/mol. The van der Waals surface area contributed by atoms with Gasteiger partial charge in [0.2, 0.25) is 21.8 Å². The zero-order valence-electron chi connectivity index (χ0n) is 16.6. The van der Waals surface area contributed by atoms with Gasteiger partial charge in [0, 0.05) is 26.2 Å². The van der Waals surface area contributed by atoms with E-state index in [4.69, 9.17) is 0 Å². The van der Waals surface area contributed by atoms with E-state index in [1.165, 1.54) is 50.4 Å². The van der Waals surface area contributed by atoms with Gasteiger partial charge < -0.3 is 15.4 Å². The zero-order chi connectivity index (χ0) is 23.2. The van der Waals surface area contributed by atoms with Crippen molar-refractivity contribution >= 4 is 27.5 Å². The Balaban J connectivity index is 1.91. The number of nitrogens with zero attached hydrogens (tertiary/aromatic N) is 1. The molecule has 168 valence electrons. The Morgan fingerprint density at radius 3 is 2.13 bits per heavy atom. The van der Waals surface area contributed by atoms with E-state index in [0.29, 0.717) is 11.3 Å². The monoisotopic (exact) mass is 459 g/mol. The fraction of sp³-hybridized carbons (Fsp3) is 0.263. The van der Waals surface area contributed by atoms with Gasteiger partial charge in [0.15, 0.2) is 0 Å². The standard InChI is InChI=1S/C19H20F3N3O5S/c1-13(26)24-15-5-9-17(10-6-15)31(28,29)25(2)12-18(27)23-11-14-3-7-16(8-4-14)30-19(20,21)22/h3-10H,11-12H2,1-2H3,(H,23,27)(H,24,26). The van der Waals surface area contributed by atoms with Crippen molar-refractivity contribution < 1.29 is 35.9 Å². The largest absolute Gasteiger partial charge is 0.573 e. The Kier molecular flexibility index (Phi) is 7.63. The van der Waals surface area contributed by atoms with Crippen LogP contribution in [0.15, 0.2) is 53.4 Å². The van der Waals surface area contributed by atoms with Crippen LogP contribution in [0.4, 0.5) is 18.9 Å². The highest BCUT2D eigenvalue weighted by Crippen LogP contribution is 2.22. The Labute approximate surface area is 177 Å². The van der Waals surface area contributed by atoms with Crippen LogP contribution in [-0.2, 0) is 26.2 Å². The van der Waals surface area contributed by atoms with E-state index in [1.54, 1.807) is 0 Å². The van der Waals surface area contributed by atoms with Gasteiger partial charge in [-0.25, -0.2) is 8.42 Å². The topological polar surface area (TPSA) is 105 Å². The van der Waals surface area contributed by atoms with Crippen LogP contribution in [0.25, 0.3) is 0 Å². The summed E-state index contributed by atoms with van der Waals surface area (Å²) in [6, 6.07) is 10.4. The Bertz CT molecular complexity index is 1020. The van der Waals surface area contributed by atoms with Crippen molar-refractivity contribution in [3.05, 3.63) is 54.1 Å². The fourth-order valence-corrected chi connectivity index (χ4v) is 3.57. The second kappa shape index (κ2) is 9.79. The van der Waals surface area contributed by atoms with Gasteiger partial charge in [-0.3, -0.25) is 9.59 Å². The number of halogens is 3. The smallest absolute Gasteiger partial charge is 0.406 e.